The highest BCUT2D eigenvalue weighted by atomic mass is 32.2. The summed E-state index contributed by atoms with van der Waals surface area (Å²) < 4.78 is 27.0. The van der Waals surface area contributed by atoms with Crippen molar-refractivity contribution in [3.63, 3.8) is 0 Å². The van der Waals surface area contributed by atoms with Crippen molar-refractivity contribution >= 4 is 10.0 Å². The number of aliphatic hydroxyl groups is 1. The number of aliphatic hydroxyl groups excluding tert-OH is 1. The Morgan fingerprint density at radius 1 is 1.11 bits per heavy atom. The third kappa shape index (κ3) is 3.54. The first kappa shape index (κ1) is 15.1. The molecule has 0 bridgehead atoms. The first-order valence-electron chi connectivity index (χ1n) is 6.05. The standard InChI is InChI=1S/C13H21NO3S/c1-9(2)14-18(16,17)13-8-6-5-7-12(13)10(3)11(4)15/h5-11,14-15H,1-4H3. The minimum Gasteiger partial charge on any atom is -0.393 e. The summed E-state index contributed by atoms with van der Waals surface area (Å²) in [5, 5.41) is 9.63. The van der Waals surface area contributed by atoms with Gasteiger partial charge in [-0.15, -0.1) is 0 Å². The van der Waals surface area contributed by atoms with Crippen molar-refractivity contribution < 1.29 is 13.5 Å². The van der Waals surface area contributed by atoms with Crippen LogP contribution < -0.4 is 4.72 Å². The predicted molar refractivity (Wildman–Crippen MR) is 72.0 cm³/mol. The molecule has 18 heavy (non-hydrogen) atoms. The van der Waals surface area contributed by atoms with Crippen LogP contribution in [0.2, 0.25) is 0 Å². The van der Waals surface area contributed by atoms with E-state index in [4.69, 9.17) is 0 Å². The van der Waals surface area contributed by atoms with Crippen molar-refractivity contribution in [1.82, 2.24) is 4.72 Å². The largest absolute Gasteiger partial charge is 0.393 e. The van der Waals surface area contributed by atoms with Gasteiger partial charge in [0.25, 0.3) is 0 Å². The van der Waals surface area contributed by atoms with Crippen LogP contribution in [0, 0.1) is 0 Å². The van der Waals surface area contributed by atoms with Crippen molar-refractivity contribution in [3.8, 4) is 0 Å². The summed E-state index contributed by atoms with van der Waals surface area (Å²) in [6, 6.07) is 6.62. The van der Waals surface area contributed by atoms with Crippen molar-refractivity contribution in [2.45, 2.75) is 50.7 Å². The molecule has 2 unspecified atom stereocenters. The van der Waals surface area contributed by atoms with Gasteiger partial charge in [-0.25, -0.2) is 13.1 Å². The maximum absolute atomic E-state index is 12.2. The molecule has 0 aromatic heterocycles. The SMILES string of the molecule is CC(C)NS(=O)(=O)c1ccccc1C(C)C(C)O. The Morgan fingerprint density at radius 3 is 2.17 bits per heavy atom. The van der Waals surface area contributed by atoms with Crippen LogP contribution in [-0.4, -0.2) is 25.7 Å². The van der Waals surface area contributed by atoms with E-state index in [1.54, 1.807) is 45.0 Å². The molecule has 0 aliphatic rings. The molecule has 2 atom stereocenters. The fraction of sp³-hybridized carbons (Fsp3) is 0.538. The monoisotopic (exact) mass is 271 g/mol. The Kier molecular flexibility index (Phi) is 4.90. The molecule has 0 saturated carbocycles. The molecule has 1 aromatic carbocycles. The number of benzene rings is 1. The van der Waals surface area contributed by atoms with E-state index in [0.29, 0.717) is 5.56 Å². The van der Waals surface area contributed by atoms with Crippen molar-refractivity contribution in [3.05, 3.63) is 29.8 Å². The van der Waals surface area contributed by atoms with Crippen molar-refractivity contribution in [1.29, 1.82) is 0 Å². The fourth-order valence-corrected chi connectivity index (χ4v) is 3.30. The lowest BCUT2D eigenvalue weighted by Crippen LogP contribution is -2.31. The van der Waals surface area contributed by atoms with Gasteiger partial charge in [0.1, 0.15) is 0 Å². The summed E-state index contributed by atoms with van der Waals surface area (Å²) in [4.78, 5) is 0.243. The van der Waals surface area contributed by atoms with E-state index in [9.17, 15) is 13.5 Å². The summed E-state index contributed by atoms with van der Waals surface area (Å²) in [5.74, 6) is -0.232. The van der Waals surface area contributed by atoms with E-state index >= 15 is 0 Å². The van der Waals surface area contributed by atoms with Gasteiger partial charge in [-0.2, -0.15) is 0 Å². The summed E-state index contributed by atoms with van der Waals surface area (Å²) >= 11 is 0. The van der Waals surface area contributed by atoms with Gasteiger partial charge in [-0.3, -0.25) is 0 Å². The van der Waals surface area contributed by atoms with Crippen LogP contribution in [0.4, 0.5) is 0 Å². The molecule has 0 heterocycles. The second kappa shape index (κ2) is 5.82. The molecule has 0 aliphatic heterocycles. The predicted octanol–water partition coefficient (Wildman–Crippen LogP) is 1.86. The Bertz CT molecular complexity index is 495. The number of sulfonamides is 1. The molecule has 1 rings (SSSR count). The first-order valence-corrected chi connectivity index (χ1v) is 7.53. The molecule has 4 nitrogen and oxygen atoms in total. The Morgan fingerprint density at radius 2 is 1.67 bits per heavy atom. The average Bonchev–Trinajstić information content (AvgIpc) is 2.26. The zero-order valence-corrected chi connectivity index (χ0v) is 12.0. The molecule has 5 heteroatoms. The third-order valence-electron chi connectivity index (χ3n) is 2.81. The molecule has 0 radical (unpaired) electrons. The van der Waals surface area contributed by atoms with Crippen LogP contribution in [-0.2, 0) is 10.0 Å². The molecule has 0 fully saturated rings. The Hall–Kier alpha value is -0.910. The number of hydrogen-bond donors (Lipinski definition) is 2. The molecule has 0 saturated heterocycles. The molecule has 102 valence electrons. The van der Waals surface area contributed by atoms with Gasteiger partial charge in [-0.1, -0.05) is 25.1 Å². The van der Waals surface area contributed by atoms with Gasteiger partial charge in [0.05, 0.1) is 11.0 Å². The van der Waals surface area contributed by atoms with E-state index in [1.807, 2.05) is 6.92 Å². The van der Waals surface area contributed by atoms with Crippen LogP contribution in [0.15, 0.2) is 29.2 Å². The van der Waals surface area contributed by atoms with E-state index in [-0.39, 0.29) is 16.9 Å². The average molecular weight is 271 g/mol. The van der Waals surface area contributed by atoms with Gasteiger partial charge in [0.2, 0.25) is 10.0 Å². The molecule has 1 aromatic rings. The molecule has 0 spiro atoms. The summed E-state index contributed by atoms with van der Waals surface area (Å²) in [7, 11) is -3.53. The highest BCUT2D eigenvalue weighted by Gasteiger charge is 2.23. The van der Waals surface area contributed by atoms with Gasteiger partial charge >= 0.3 is 0 Å². The lowest BCUT2D eigenvalue weighted by atomic mass is 9.96. The maximum Gasteiger partial charge on any atom is 0.241 e. The topological polar surface area (TPSA) is 66.4 Å². The lowest BCUT2D eigenvalue weighted by molar-refractivity contribution is 0.168. The highest BCUT2D eigenvalue weighted by molar-refractivity contribution is 7.89. The number of nitrogens with one attached hydrogen (secondary N) is 1. The smallest absolute Gasteiger partial charge is 0.241 e. The fourth-order valence-electron chi connectivity index (χ4n) is 1.74. The van der Waals surface area contributed by atoms with E-state index < -0.39 is 16.1 Å². The molecular formula is C13H21NO3S. The van der Waals surface area contributed by atoms with E-state index in [0.717, 1.165) is 0 Å². The Balaban J connectivity index is 3.25. The minimum absolute atomic E-state index is 0.162. The van der Waals surface area contributed by atoms with Crippen LogP contribution in [0.1, 0.15) is 39.2 Å². The zero-order chi connectivity index (χ0) is 13.9. The highest BCUT2D eigenvalue weighted by Crippen LogP contribution is 2.26. The Labute approximate surface area is 109 Å². The van der Waals surface area contributed by atoms with Crippen LogP contribution in [0.25, 0.3) is 0 Å². The molecule has 0 amide bonds. The van der Waals surface area contributed by atoms with Gasteiger partial charge in [-0.05, 0) is 32.4 Å². The number of hydrogen-bond acceptors (Lipinski definition) is 3. The van der Waals surface area contributed by atoms with E-state index in [1.165, 1.54) is 0 Å². The summed E-state index contributed by atoms with van der Waals surface area (Å²) in [6.45, 7) is 7.02. The minimum atomic E-state index is -3.53. The second-order valence-electron chi connectivity index (χ2n) is 4.84. The zero-order valence-electron chi connectivity index (χ0n) is 11.2. The second-order valence-corrected chi connectivity index (χ2v) is 6.53. The normalized spacial score (nSPS) is 15.7. The number of rotatable bonds is 5. The molecule has 0 aliphatic carbocycles. The van der Waals surface area contributed by atoms with Crippen molar-refractivity contribution in [2.75, 3.05) is 0 Å². The first-order chi connectivity index (χ1) is 8.25. The van der Waals surface area contributed by atoms with Crippen LogP contribution >= 0.6 is 0 Å². The molecular weight excluding hydrogens is 250 g/mol. The third-order valence-corrected chi connectivity index (χ3v) is 4.55. The quantitative estimate of drug-likeness (QED) is 0.859. The summed E-state index contributed by atoms with van der Waals surface area (Å²) in [6.07, 6.45) is -0.597. The lowest BCUT2D eigenvalue weighted by Gasteiger charge is -2.19. The summed E-state index contributed by atoms with van der Waals surface area (Å²) in [5.41, 5.74) is 0.639. The van der Waals surface area contributed by atoms with Crippen LogP contribution in [0.5, 0.6) is 0 Å². The van der Waals surface area contributed by atoms with Gasteiger partial charge in [0.15, 0.2) is 0 Å². The van der Waals surface area contributed by atoms with Gasteiger partial charge < -0.3 is 5.11 Å². The van der Waals surface area contributed by atoms with Crippen LogP contribution in [0.3, 0.4) is 0 Å². The van der Waals surface area contributed by atoms with Crippen molar-refractivity contribution in [2.24, 2.45) is 0 Å². The van der Waals surface area contributed by atoms with Gasteiger partial charge in [0, 0.05) is 12.0 Å². The molecule has 2 N–H and O–H groups in total. The maximum atomic E-state index is 12.2. The van der Waals surface area contributed by atoms with E-state index in [2.05, 4.69) is 4.72 Å².